The zero-order valence-electron chi connectivity index (χ0n) is 13.2. The third-order valence-electron chi connectivity index (χ3n) is 4.23. The second kappa shape index (κ2) is 6.93. The molecule has 2 aromatic rings. The van der Waals surface area contributed by atoms with Gasteiger partial charge in [0.1, 0.15) is 11.6 Å². The van der Waals surface area contributed by atoms with Crippen molar-refractivity contribution in [3.05, 3.63) is 45.5 Å². The Hall–Kier alpha value is -2.53. The Morgan fingerprint density at radius 2 is 2.38 bits per heavy atom. The summed E-state index contributed by atoms with van der Waals surface area (Å²) in [5.41, 5.74) is 0.881. The first-order valence-corrected chi connectivity index (χ1v) is 8.86. The first-order valence-electron chi connectivity index (χ1n) is 7.64. The second-order valence-electron chi connectivity index (χ2n) is 5.67. The lowest BCUT2D eigenvalue weighted by Gasteiger charge is -2.32. The number of carbonyl (C=O) groups excluding carboxylic acids is 1. The molecule has 1 aliphatic heterocycles. The number of nitrogens with one attached hydrogen (secondary N) is 2. The normalized spacial score (nSPS) is 17.5. The molecular weight excluding hydrogens is 326 g/mol. The van der Waals surface area contributed by atoms with Gasteiger partial charge in [-0.05, 0) is 31.2 Å². The number of aromatic nitrogens is 3. The molecule has 0 spiro atoms. The molecule has 0 saturated carbocycles. The molecule has 2 N–H and O–H groups in total. The SMILES string of the molecule is CSc1[nH]c(=O)c(C(=O)N2CCCC(c3ccn[nH]3)C2)cc1C#N. The Labute approximate surface area is 143 Å². The molecule has 1 aliphatic rings. The van der Waals surface area contributed by atoms with E-state index >= 15 is 0 Å². The van der Waals surface area contributed by atoms with Crippen molar-refractivity contribution in [2.24, 2.45) is 0 Å². The van der Waals surface area contributed by atoms with Crippen molar-refractivity contribution in [1.29, 1.82) is 5.26 Å². The lowest BCUT2D eigenvalue weighted by Crippen LogP contribution is -2.41. The lowest BCUT2D eigenvalue weighted by atomic mass is 9.94. The van der Waals surface area contributed by atoms with Crippen LogP contribution < -0.4 is 5.56 Å². The Bertz CT molecular complexity index is 837. The highest BCUT2D eigenvalue weighted by atomic mass is 32.2. The maximum absolute atomic E-state index is 12.8. The number of hydrogen-bond acceptors (Lipinski definition) is 5. The summed E-state index contributed by atoms with van der Waals surface area (Å²) >= 11 is 1.27. The molecule has 3 rings (SSSR count). The van der Waals surface area contributed by atoms with Crippen LogP contribution in [-0.4, -0.2) is 45.3 Å². The molecule has 8 heteroatoms. The van der Waals surface area contributed by atoms with E-state index in [0.29, 0.717) is 23.7 Å². The molecule has 0 aliphatic carbocycles. The van der Waals surface area contributed by atoms with Crippen molar-refractivity contribution < 1.29 is 4.79 Å². The summed E-state index contributed by atoms with van der Waals surface area (Å²) in [6.45, 7) is 1.14. The topological polar surface area (TPSA) is 106 Å². The number of aromatic amines is 2. The van der Waals surface area contributed by atoms with Gasteiger partial charge in [0.15, 0.2) is 0 Å². The molecule has 3 heterocycles. The largest absolute Gasteiger partial charge is 0.338 e. The average molecular weight is 343 g/mol. The van der Waals surface area contributed by atoms with Crippen LogP contribution in [0.2, 0.25) is 0 Å². The van der Waals surface area contributed by atoms with Crippen molar-refractivity contribution in [3.63, 3.8) is 0 Å². The van der Waals surface area contributed by atoms with Gasteiger partial charge in [-0.25, -0.2) is 0 Å². The van der Waals surface area contributed by atoms with Gasteiger partial charge in [-0.3, -0.25) is 14.7 Å². The number of rotatable bonds is 3. The smallest absolute Gasteiger partial charge is 0.261 e. The van der Waals surface area contributed by atoms with Gasteiger partial charge in [0.05, 0.1) is 10.6 Å². The van der Waals surface area contributed by atoms with E-state index in [2.05, 4.69) is 15.2 Å². The minimum absolute atomic E-state index is 0.0228. The standard InChI is InChI=1S/C16H17N5O2S/c1-24-15-11(8-17)7-12(14(22)19-15)16(23)21-6-2-3-10(9-21)13-4-5-18-20-13/h4-5,7,10H,2-3,6,9H2,1H3,(H,18,20)(H,19,22). The molecule has 1 atom stereocenters. The Morgan fingerprint density at radius 3 is 3.04 bits per heavy atom. The summed E-state index contributed by atoms with van der Waals surface area (Å²) in [4.78, 5) is 29.3. The first kappa shape index (κ1) is 16.3. The first-order chi connectivity index (χ1) is 11.6. The van der Waals surface area contributed by atoms with Gasteiger partial charge in [0.2, 0.25) is 0 Å². The average Bonchev–Trinajstić information content (AvgIpc) is 3.15. The molecule has 0 bridgehead atoms. The van der Waals surface area contributed by atoms with E-state index in [4.69, 9.17) is 0 Å². The van der Waals surface area contributed by atoms with Gasteiger partial charge >= 0.3 is 0 Å². The molecule has 1 amide bonds. The van der Waals surface area contributed by atoms with Gasteiger partial charge < -0.3 is 9.88 Å². The van der Waals surface area contributed by atoms with E-state index in [1.807, 2.05) is 12.1 Å². The fraction of sp³-hybridized carbons (Fsp3) is 0.375. The van der Waals surface area contributed by atoms with Crippen molar-refractivity contribution in [1.82, 2.24) is 20.1 Å². The minimum atomic E-state index is -0.452. The highest BCUT2D eigenvalue weighted by Crippen LogP contribution is 2.26. The molecule has 0 aromatic carbocycles. The van der Waals surface area contributed by atoms with Gasteiger partial charge in [-0.1, -0.05) is 0 Å². The van der Waals surface area contributed by atoms with Crippen molar-refractivity contribution in [2.45, 2.75) is 23.8 Å². The summed E-state index contributed by atoms with van der Waals surface area (Å²) in [5, 5.41) is 16.6. The van der Waals surface area contributed by atoms with E-state index in [9.17, 15) is 14.9 Å². The number of hydrogen-bond donors (Lipinski definition) is 2. The summed E-state index contributed by atoms with van der Waals surface area (Å²) in [5.74, 6) is -0.144. The monoisotopic (exact) mass is 343 g/mol. The van der Waals surface area contributed by atoms with Gasteiger partial charge in [-0.15, -0.1) is 11.8 Å². The van der Waals surface area contributed by atoms with Gasteiger partial charge in [0, 0.05) is 30.9 Å². The lowest BCUT2D eigenvalue weighted by molar-refractivity contribution is 0.0704. The number of likely N-dealkylation sites (tertiary alicyclic amines) is 1. The molecule has 24 heavy (non-hydrogen) atoms. The van der Waals surface area contributed by atoms with Crippen LogP contribution in [0.25, 0.3) is 0 Å². The summed E-state index contributed by atoms with van der Waals surface area (Å²) in [6.07, 6.45) is 5.30. The van der Waals surface area contributed by atoms with Crippen molar-refractivity contribution in [2.75, 3.05) is 19.3 Å². The fourth-order valence-corrected chi connectivity index (χ4v) is 3.52. The Kier molecular flexibility index (Phi) is 4.71. The van der Waals surface area contributed by atoms with E-state index in [-0.39, 0.29) is 17.4 Å². The Morgan fingerprint density at radius 1 is 1.54 bits per heavy atom. The number of pyridine rings is 1. The molecule has 124 valence electrons. The maximum atomic E-state index is 12.8. The second-order valence-corrected chi connectivity index (χ2v) is 6.49. The van der Waals surface area contributed by atoms with Crippen LogP contribution >= 0.6 is 11.8 Å². The zero-order valence-corrected chi connectivity index (χ0v) is 14.0. The van der Waals surface area contributed by atoms with Crippen LogP contribution in [0.4, 0.5) is 0 Å². The highest BCUT2D eigenvalue weighted by molar-refractivity contribution is 7.98. The minimum Gasteiger partial charge on any atom is -0.338 e. The molecule has 2 aromatic heterocycles. The molecule has 1 saturated heterocycles. The maximum Gasteiger partial charge on any atom is 0.261 e. The quantitative estimate of drug-likeness (QED) is 0.825. The van der Waals surface area contributed by atoms with Crippen LogP contribution in [0.1, 0.15) is 40.4 Å². The number of nitrogens with zero attached hydrogens (tertiary/aromatic N) is 3. The van der Waals surface area contributed by atoms with Crippen LogP contribution in [-0.2, 0) is 0 Å². The van der Waals surface area contributed by atoms with Crippen molar-refractivity contribution >= 4 is 17.7 Å². The molecule has 7 nitrogen and oxygen atoms in total. The predicted octanol–water partition coefficient (Wildman–Crippen LogP) is 1.71. The van der Waals surface area contributed by atoms with Gasteiger partial charge in [-0.2, -0.15) is 10.4 Å². The number of amides is 1. The number of piperidine rings is 1. The van der Waals surface area contributed by atoms with Crippen LogP contribution in [0.3, 0.4) is 0 Å². The molecule has 0 radical (unpaired) electrons. The van der Waals surface area contributed by atoms with E-state index in [1.165, 1.54) is 17.8 Å². The fourth-order valence-electron chi connectivity index (χ4n) is 3.00. The summed E-state index contributed by atoms with van der Waals surface area (Å²) in [6, 6.07) is 5.33. The summed E-state index contributed by atoms with van der Waals surface area (Å²) in [7, 11) is 0. The predicted molar refractivity (Wildman–Crippen MR) is 90.0 cm³/mol. The van der Waals surface area contributed by atoms with E-state index in [0.717, 1.165) is 18.5 Å². The molecule has 1 unspecified atom stereocenters. The number of nitriles is 1. The van der Waals surface area contributed by atoms with E-state index < -0.39 is 5.56 Å². The van der Waals surface area contributed by atoms with Crippen molar-refractivity contribution in [3.8, 4) is 6.07 Å². The van der Waals surface area contributed by atoms with Gasteiger partial charge in [0.25, 0.3) is 11.5 Å². The third-order valence-corrected chi connectivity index (χ3v) is 4.96. The Balaban J connectivity index is 1.86. The number of carbonyl (C=O) groups is 1. The zero-order chi connectivity index (χ0) is 17.1. The summed E-state index contributed by atoms with van der Waals surface area (Å²) < 4.78 is 0. The van der Waals surface area contributed by atoms with Crippen LogP contribution in [0.15, 0.2) is 28.2 Å². The third kappa shape index (κ3) is 3.08. The number of thioether (sulfide) groups is 1. The number of H-pyrrole nitrogens is 2. The van der Waals surface area contributed by atoms with Crippen LogP contribution in [0, 0.1) is 11.3 Å². The van der Waals surface area contributed by atoms with E-state index in [1.54, 1.807) is 17.4 Å². The van der Waals surface area contributed by atoms with Crippen LogP contribution in [0.5, 0.6) is 0 Å². The molecular formula is C16H17N5O2S. The molecule has 1 fully saturated rings. The highest BCUT2D eigenvalue weighted by Gasteiger charge is 2.28.